The lowest BCUT2D eigenvalue weighted by molar-refractivity contribution is -0.118. The summed E-state index contributed by atoms with van der Waals surface area (Å²) in [5.41, 5.74) is 9.04. The van der Waals surface area contributed by atoms with E-state index in [0.717, 1.165) is 110 Å². The van der Waals surface area contributed by atoms with Gasteiger partial charge in [-0.1, -0.05) is 59.6 Å². The Morgan fingerprint density at radius 2 is 1.30 bits per heavy atom. The SMILES string of the molecule is C=C[C@H](OC)[C@@H]1CC[C@H]1C=O.[C-]#[N+]c1ccc2c(c1)CC[C@@]1(CCCc3cc(Cl)ccc31)CO2.[C-]#[N+]c1ccc2c(c1)N(C[C@@H]1CC[C@H]1[C@H](C=C)OC)C[C@@]1(CCCc3cc(Cl)ccc31)CO2. The van der Waals surface area contributed by atoms with Gasteiger partial charge in [-0.05, 0) is 171 Å². The molecule has 10 rings (SSSR count). The fraction of sp³-hybridized carbons (Fsp3) is 0.456. The molecule has 67 heavy (non-hydrogen) atoms. The lowest BCUT2D eigenvalue weighted by atomic mass is 9.68. The number of nitrogens with zero attached hydrogens (tertiary/aromatic N) is 3. The van der Waals surface area contributed by atoms with Gasteiger partial charge in [-0.2, -0.15) is 0 Å². The number of hydrogen-bond acceptors (Lipinski definition) is 6. The molecule has 2 saturated carbocycles. The molecule has 4 aromatic rings. The maximum absolute atomic E-state index is 10.4. The number of hydrogen-bond donors (Lipinski definition) is 0. The van der Waals surface area contributed by atoms with E-state index in [1.54, 1.807) is 20.3 Å². The van der Waals surface area contributed by atoms with Crippen LogP contribution >= 0.6 is 23.2 Å². The van der Waals surface area contributed by atoms with E-state index in [1.807, 2.05) is 54.6 Å². The van der Waals surface area contributed by atoms with Gasteiger partial charge in [0.2, 0.25) is 0 Å². The van der Waals surface area contributed by atoms with Crippen molar-refractivity contribution in [1.82, 2.24) is 0 Å². The molecule has 8 atom stereocenters. The zero-order valence-corrected chi connectivity index (χ0v) is 40.5. The first-order chi connectivity index (χ1) is 32.6. The van der Waals surface area contributed by atoms with Gasteiger partial charge in [0, 0.05) is 54.1 Å². The summed E-state index contributed by atoms with van der Waals surface area (Å²) in [7, 11) is 3.43. The third-order valence-electron chi connectivity index (χ3n) is 15.8. The predicted molar refractivity (Wildman–Crippen MR) is 270 cm³/mol. The minimum atomic E-state index is -0.0895. The topological polar surface area (TPSA) is 66.0 Å². The maximum Gasteiger partial charge on any atom is 0.189 e. The molecule has 4 aliphatic carbocycles. The summed E-state index contributed by atoms with van der Waals surface area (Å²) < 4.78 is 23.5. The minimum absolute atomic E-state index is 0.0685. The number of carbonyl (C=O) groups excluding carboxylic acids is 1. The molecule has 8 nitrogen and oxygen atoms in total. The van der Waals surface area contributed by atoms with Gasteiger partial charge in [-0.15, -0.1) is 13.2 Å². The van der Waals surface area contributed by atoms with Crippen molar-refractivity contribution in [2.24, 2.45) is 23.7 Å². The number of ether oxygens (including phenoxy) is 4. The molecular formula is C57H63Cl2N3O5. The highest BCUT2D eigenvalue weighted by molar-refractivity contribution is 6.31. The summed E-state index contributed by atoms with van der Waals surface area (Å²) in [6.07, 6.45) is 18.1. The van der Waals surface area contributed by atoms with Crippen LogP contribution in [0.15, 0.2) is 98.1 Å². The predicted octanol–water partition coefficient (Wildman–Crippen LogP) is 13.5. The summed E-state index contributed by atoms with van der Waals surface area (Å²) in [4.78, 5) is 20.2. The van der Waals surface area contributed by atoms with E-state index in [2.05, 4.69) is 52.0 Å². The van der Waals surface area contributed by atoms with Crippen LogP contribution in [0.1, 0.15) is 85.6 Å². The number of halogens is 2. The van der Waals surface area contributed by atoms with Crippen LogP contribution in [0.25, 0.3) is 9.69 Å². The monoisotopic (exact) mass is 939 g/mol. The van der Waals surface area contributed by atoms with Crippen LogP contribution in [0.5, 0.6) is 11.5 Å². The Kier molecular flexibility index (Phi) is 15.5. The van der Waals surface area contributed by atoms with Gasteiger partial charge >= 0.3 is 0 Å². The molecule has 0 saturated heterocycles. The van der Waals surface area contributed by atoms with Crippen molar-refractivity contribution in [3.8, 4) is 11.5 Å². The third kappa shape index (κ3) is 10.2. The van der Waals surface area contributed by atoms with Gasteiger partial charge < -0.3 is 28.6 Å². The summed E-state index contributed by atoms with van der Waals surface area (Å²) in [5, 5.41) is 1.62. The Bertz CT molecular complexity index is 2530. The van der Waals surface area contributed by atoms with Gasteiger partial charge in [0.1, 0.15) is 17.8 Å². The van der Waals surface area contributed by atoms with E-state index in [9.17, 15) is 4.79 Å². The third-order valence-corrected chi connectivity index (χ3v) is 16.3. The molecule has 0 bridgehead atoms. The molecule has 0 N–H and O–H groups in total. The first-order valence-electron chi connectivity index (χ1n) is 24.0. The average molecular weight is 941 g/mol. The van der Waals surface area contributed by atoms with E-state index in [4.69, 9.17) is 55.3 Å². The van der Waals surface area contributed by atoms with Crippen LogP contribution in [0.2, 0.25) is 10.0 Å². The number of rotatable bonds is 9. The lowest BCUT2D eigenvalue weighted by Gasteiger charge is -2.46. The molecule has 350 valence electrons. The first kappa shape index (κ1) is 48.4. The van der Waals surface area contributed by atoms with Crippen molar-refractivity contribution in [1.29, 1.82) is 0 Å². The lowest BCUT2D eigenvalue weighted by Crippen LogP contribution is -2.49. The zero-order chi connectivity index (χ0) is 47.1. The van der Waals surface area contributed by atoms with E-state index in [-0.39, 0.29) is 29.0 Å². The molecule has 2 heterocycles. The van der Waals surface area contributed by atoms with E-state index in [0.29, 0.717) is 42.3 Å². The summed E-state index contributed by atoms with van der Waals surface area (Å²) >= 11 is 12.5. The maximum atomic E-state index is 10.4. The van der Waals surface area contributed by atoms with Gasteiger partial charge in [-0.25, -0.2) is 9.69 Å². The normalized spacial score (nSPS) is 26.1. The van der Waals surface area contributed by atoms with Crippen LogP contribution in [0, 0.1) is 36.8 Å². The number of methoxy groups -OCH3 is 2. The highest BCUT2D eigenvalue weighted by atomic mass is 35.5. The Morgan fingerprint density at radius 1 is 0.716 bits per heavy atom. The van der Waals surface area contributed by atoms with Gasteiger partial charge in [0.15, 0.2) is 11.4 Å². The summed E-state index contributed by atoms with van der Waals surface area (Å²) in [6, 6.07) is 24.3. The molecule has 6 aliphatic rings. The van der Waals surface area contributed by atoms with Crippen LogP contribution < -0.4 is 14.4 Å². The Hall–Kier alpha value is -5.09. The van der Waals surface area contributed by atoms with Gasteiger partial charge in [-0.3, -0.25) is 0 Å². The molecule has 2 fully saturated rings. The van der Waals surface area contributed by atoms with Gasteiger partial charge in [0.05, 0.1) is 44.3 Å². The number of fused-ring (bicyclic) bond motifs is 6. The molecule has 4 aromatic carbocycles. The second kappa shape index (κ2) is 21.5. The van der Waals surface area contributed by atoms with Crippen LogP contribution in [0.4, 0.5) is 17.1 Å². The van der Waals surface area contributed by atoms with Crippen molar-refractivity contribution in [3.63, 3.8) is 0 Å². The molecule has 2 aliphatic heterocycles. The standard InChI is InChI=1S/C28H31ClN2O2.C20H18ClNO.C9H14O2/c1-4-26(32-3)23-10-7-20(23)16-31-17-28(13-5-6-19-14-21(29)8-11-24(19)28)18-33-27-12-9-22(30-2)15-25(27)31;1-22-17-5-7-19-15(12-17)8-10-20(13-23-19)9-2-3-14-11-16(21)4-6-18(14)20;1-3-9(11-2)8-5-4-7(8)6-10/h4,8-9,11-12,14-15,20,23,26H,1,5-7,10,13,16-18H2,3H3;4-7,11-12H,2-3,8-10,13H2;3,6-9H,1,4-5H2,2H3/t20-,23+,26-,28-;20-;7-,8+,9-/m000/s1. The average Bonchev–Trinajstić information content (AvgIpc) is 3.61. The van der Waals surface area contributed by atoms with Gasteiger partial charge in [0.25, 0.3) is 0 Å². The molecule has 0 unspecified atom stereocenters. The Labute approximate surface area is 407 Å². The Morgan fingerprint density at radius 3 is 1.88 bits per heavy atom. The number of benzene rings is 4. The number of aryl methyl sites for hydroxylation is 3. The van der Waals surface area contributed by atoms with Crippen molar-refractivity contribution in [2.45, 2.75) is 100 Å². The number of carbonyl (C=O) groups is 1. The van der Waals surface area contributed by atoms with Crippen molar-refractivity contribution in [2.75, 3.05) is 45.4 Å². The molecule has 0 radical (unpaired) electrons. The second-order valence-corrected chi connectivity index (χ2v) is 20.3. The fourth-order valence-electron chi connectivity index (χ4n) is 11.8. The molecule has 0 amide bonds. The van der Waals surface area contributed by atoms with E-state index in [1.165, 1.54) is 41.5 Å². The highest BCUT2D eigenvalue weighted by Crippen LogP contribution is 2.48. The zero-order valence-electron chi connectivity index (χ0n) is 39.0. The van der Waals surface area contributed by atoms with Crippen LogP contribution in [0.3, 0.4) is 0 Å². The first-order valence-corrected chi connectivity index (χ1v) is 24.7. The summed E-state index contributed by atoms with van der Waals surface area (Å²) in [6.45, 7) is 25.6. The Balaban J connectivity index is 0.000000154. The quantitative estimate of drug-likeness (QED) is 0.0946. The molecule has 2 spiro atoms. The van der Waals surface area contributed by atoms with Crippen molar-refractivity contribution < 1.29 is 23.7 Å². The van der Waals surface area contributed by atoms with Crippen LogP contribution in [-0.2, 0) is 44.4 Å². The smallest absolute Gasteiger partial charge is 0.189 e. The van der Waals surface area contributed by atoms with E-state index < -0.39 is 0 Å². The minimum Gasteiger partial charge on any atom is -0.492 e. The molecule has 0 aromatic heterocycles. The summed E-state index contributed by atoms with van der Waals surface area (Å²) in [5.74, 6) is 3.42. The fourth-order valence-corrected chi connectivity index (χ4v) is 12.2. The number of aldehydes is 1. The van der Waals surface area contributed by atoms with Crippen molar-refractivity contribution in [3.05, 3.63) is 159 Å². The highest BCUT2D eigenvalue weighted by Gasteiger charge is 2.45. The number of anilines is 1. The van der Waals surface area contributed by atoms with Crippen LogP contribution in [-0.4, -0.2) is 59.0 Å². The second-order valence-electron chi connectivity index (χ2n) is 19.4. The molecular weight excluding hydrogens is 878 g/mol. The van der Waals surface area contributed by atoms with Crippen molar-refractivity contribution >= 4 is 46.6 Å². The largest absolute Gasteiger partial charge is 0.492 e. The van der Waals surface area contributed by atoms with E-state index >= 15 is 0 Å². The molecule has 10 heteroatoms.